The normalized spacial score (nSPS) is 37.2. The monoisotopic (exact) mass is 1510 g/mol. The first-order chi connectivity index (χ1) is 44.1. The lowest BCUT2D eigenvalue weighted by Crippen LogP contribution is -2.69. The molecule has 93 heavy (non-hydrogen) atoms. The second-order valence-corrected chi connectivity index (χ2v) is 23.7. The molecule has 0 bridgehead atoms. The molecule has 5 saturated heterocycles. The van der Waals surface area contributed by atoms with Crippen LogP contribution >= 0.6 is 49.3 Å². The average Bonchev–Trinajstić information content (AvgIpc) is 0.772. The fraction of sp³-hybridized carbons (Fsp3) is 0.947. The third-order valence-corrected chi connectivity index (χ3v) is 16.6. The van der Waals surface area contributed by atoms with Gasteiger partial charge in [0.2, 0.25) is 0 Å². The van der Waals surface area contributed by atoms with Gasteiger partial charge >= 0.3 is 43.1 Å². The van der Waals surface area contributed by atoms with Crippen molar-refractivity contribution in [1.29, 1.82) is 0 Å². The van der Waals surface area contributed by atoms with Gasteiger partial charge in [-0.15, -0.1) is 17.3 Å². The van der Waals surface area contributed by atoms with Crippen molar-refractivity contribution in [2.45, 2.75) is 154 Å². The summed E-state index contributed by atoms with van der Waals surface area (Å²) in [5.74, 6) is -4.68. The van der Waals surface area contributed by atoms with E-state index in [4.69, 9.17) is 118 Å². The molecule has 5 heterocycles. The predicted molar refractivity (Wildman–Crippen MR) is 281 cm³/mol. The Balaban J connectivity index is 1.58. The Hall–Kier alpha value is -1.33. The maximum atomic E-state index is 13.5. The van der Waals surface area contributed by atoms with Crippen molar-refractivity contribution in [1.82, 2.24) is 0 Å². The lowest BCUT2D eigenvalue weighted by Gasteiger charge is -2.51. The number of carbonyl (C=O) groups is 2. The summed E-state index contributed by atoms with van der Waals surface area (Å²) in [6, 6.07) is 0. The van der Waals surface area contributed by atoms with Gasteiger partial charge in [-0.25, -0.2) is 43.2 Å². The van der Waals surface area contributed by atoms with E-state index >= 15 is 0 Å². The van der Waals surface area contributed by atoms with Gasteiger partial charge in [-0.2, -0.15) is 25.3 Å². The molecule has 0 saturated carbocycles. The summed E-state index contributed by atoms with van der Waals surface area (Å²) in [5, 5.41) is 72.0. The highest BCUT2D eigenvalue weighted by Gasteiger charge is 2.61. The number of ether oxygens (including phenoxy) is 16. The molecule has 0 aromatic rings. The molecule has 0 aromatic carbocycles. The number of hydrogen-bond acceptors (Lipinski definition) is 47. The van der Waals surface area contributed by atoms with Gasteiger partial charge in [0.15, 0.2) is 105 Å². The fourth-order valence-corrected chi connectivity index (χ4v) is 12.3. The first-order valence-electron chi connectivity index (χ1n) is 25.2. The second kappa shape index (κ2) is 39.6. The molecule has 0 spiro atoms. The molecule has 55 heteroatoms. The van der Waals surface area contributed by atoms with Gasteiger partial charge in [-0.1, -0.05) is 27.1 Å². The van der Waals surface area contributed by atoms with Crippen LogP contribution in [0.15, 0.2) is 0 Å². The number of rotatable bonds is 42. The van der Waals surface area contributed by atoms with E-state index in [0.29, 0.717) is 0 Å². The van der Waals surface area contributed by atoms with Crippen LogP contribution in [0, 0.1) is 5.92 Å². The maximum absolute atomic E-state index is 13.5. The Bertz CT molecular complexity index is 2550. The van der Waals surface area contributed by atoms with Gasteiger partial charge < -0.3 is 86.0 Å². The standard InChI is InChI=1S/C38H64O48S7/c1-12-16(56-2)17(57-3)13(9-63-91(47,48)49)66-34(12)71-22-20(58-4)28(60-6)36(73-26(22)32(39)40)70-19-15(11-65-93(53,54)55)68-38(31(78-90-86-82-46)25(19)76-88-84-80-44)72-23-21(59-5)29(61-7)37(74-27(23)33(41)42)69-18-14(10-64-92(50,51)52)67-35(62-8)30(77-89-85-81-45)24(18)75-87-83-79-43/h12-31,34-38,43-46H,9-11H2,1-8H3,(H,39,40)(H,41,42)(H,47,48,49)(H,50,51,52)(H,53,54,55)/t12?,13?,14?,15-,16+,17+,18+,19+,20-,21?,22-,23-,24-,25?,26?,27+,28?,29?,30?,31?,34+,35-,36+,37+,38+/m0/s1. The average molecular weight is 1510 g/mol. The minimum atomic E-state index is -5.52. The summed E-state index contributed by atoms with van der Waals surface area (Å²) < 4.78 is 248. The lowest BCUT2D eigenvalue weighted by molar-refractivity contribution is -0.437. The van der Waals surface area contributed by atoms with Crippen molar-refractivity contribution >= 4 is 92.4 Å². The summed E-state index contributed by atoms with van der Waals surface area (Å²) in [7, 11) is -8.37. The molecule has 25 atom stereocenters. The first kappa shape index (κ1) is 82.3. The minimum absolute atomic E-state index is 0.0976. The summed E-state index contributed by atoms with van der Waals surface area (Å²) in [6.45, 7) is -1.96. The second-order valence-electron chi connectivity index (χ2n) is 18.6. The van der Waals surface area contributed by atoms with Crippen molar-refractivity contribution in [3.63, 3.8) is 0 Å². The van der Waals surface area contributed by atoms with E-state index in [-0.39, 0.29) is 49.3 Å². The fourth-order valence-electron chi connectivity index (χ4n) is 9.98. The molecular weight excluding hydrogens is 1450 g/mol. The SMILES string of the molecule is COC1C(OC)[C@H](O[C@H]2O[C@@H](COS(=O)(=O)O)[C@@H](O[C@@H]3OC(C(=O)O)[C@@H](O[C@H]4OC(COS(=O)(=O)O)[C@@H](OC)[C@H](OC)C4C)[C@H](OC)C3OC)C(OSOOO)C2OSOOO)[C@H](C(=O)O)O[C@H]1O[C@@H]1C(COS(=O)(=O)O)O[C@H](OC)C(OSOOO)[C@H]1OSOOO. The highest BCUT2D eigenvalue weighted by atomic mass is 32.3. The van der Waals surface area contributed by atoms with Gasteiger partial charge in [-0.05, 0) is 0 Å². The molecule has 9 N–H and O–H groups in total. The molecule has 10 unspecified atom stereocenters. The molecule has 0 aliphatic carbocycles. The summed E-state index contributed by atoms with van der Waals surface area (Å²) in [4.78, 5) is 26.8. The van der Waals surface area contributed by atoms with E-state index in [1.165, 1.54) is 21.1 Å². The van der Waals surface area contributed by atoms with Crippen LogP contribution in [0.4, 0.5) is 0 Å². The van der Waals surface area contributed by atoms with Crippen molar-refractivity contribution in [3.05, 3.63) is 0 Å². The zero-order chi connectivity index (χ0) is 69.0. The van der Waals surface area contributed by atoms with Crippen LogP contribution in [0.25, 0.3) is 0 Å². The van der Waals surface area contributed by atoms with E-state index in [0.717, 1.165) is 35.5 Å². The molecule has 0 aromatic heterocycles. The van der Waals surface area contributed by atoms with E-state index in [1.807, 2.05) is 0 Å². The molecule has 5 fully saturated rings. The maximum Gasteiger partial charge on any atom is 0.397 e. The Morgan fingerprint density at radius 2 is 0.645 bits per heavy atom. The number of methoxy groups -OCH3 is 7. The summed E-state index contributed by atoms with van der Waals surface area (Å²) >= 11 is -0.796. The van der Waals surface area contributed by atoms with Crippen molar-refractivity contribution < 1.29 is 222 Å². The van der Waals surface area contributed by atoms with Gasteiger partial charge in [-0.3, -0.25) is 30.4 Å². The van der Waals surface area contributed by atoms with Crippen LogP contribution in [-0.2, 0) is 183 Å². The zero-order valence-electron chi connectivity index (χ0n) is 48.4. The molecule has 5 rings (SSSR count). The largest absolute Gasteiger partial charge is 0.479 e. The Morgan fingerprint density at radius 1 is 0.355 bits per heavy atom. The summed E-state index contributed by atoms with van der Waals surface area (Å²) in [5.41, 5.74) is 0. The van der Waals surface area contributed by atoms with Crippen molar-refractivity contribution in [3.8, 4) is 0 Å². The number of hydrogen-bond donors (Lipinski definition) is 9. The number of aliphatic carboxylic acids is 2. The van der Waals surface area contributed by atoms with E-state index in [2.05, 4.69) is 45.9 Å². The third kappa shape index (κ3) is 23.4. The summed E-state index contributed by atoms with van der Waals surface area (Å²) in [6.07, 6.45) is -45.3. The van der Waals surface area contributed by atoms with E-state index < -0.39 is 216 Å². The van der Waals surface area contributed by atoms with Gasteiger partial charge in [0.25, 0.3) is 0 Å². The molecule has 546 valence electrons. The van der Waals surface area contributed by atoms with Crippen LogP contribution < -0.4 is 0 Å². The van der Waals surface area contributed by atoms with Crippen LogP contribution in [0.2, 0.25) is 0 Å². The smallest absolute Gasteiger partial charge is 0.397 e. The molecule has 48 nitrogen and oxygen atoms in total. The Kier molecular flexibility index (Phi) is 35.1. The quantitative estimate of drug-likeness (QED) is 0.0101. The van der Waals surface area contributed by atoms with Gasteiger partial charge in [0, 0.05) is 55.7 Å². The topological polar surface area (TPSA) is 605 Å². The van der Waals surface area contributed by atoms with Gasteiger partial charge in [0.1, 0.15) is 85.5 Å². The highest BCUT2D eigenvalue weighted by molar-refractivity contribution is 7.90. The van der Waals surface area contributed by atoms with E-state index in [9.17, 15) is 58.7 Å². The lowest BCUT2D eigenvalue weighted by atomic mass is 9.91. The molecule has 0 radical (unpaired) electrons. The van der Waals surface area contributed by atoms with Crippen molar-refractivity contribution in [2.75, 3.05) is 69.6 Å². The molecule has 5 aliphatic heterocycles. The number of carboxylic acids is 2. The predicted octanol–water partition coefficient (Wildman–Crippen LogP) is -2.37. The van der Waals surface area contributed by atoms with Crippen LogP contribution in [-0.4, -0.2) is 299 Å². The van der Waals surface area contributed by atoms with Crippen molar-refractivity contribution in [2.24, 2.45) is 5.92 Å². The minimum Gasteiger partial charge on any atom is -0.479 e. The first-order valence-corrected chi connectivity index (χ1v) is 32.0. The van der Waals surface area contributed by atoms with Crippen LogP contribution in [0.1, 0.15) is 6.92 Å². The molecular formula is C38H64O48S7. The number of carboxylic acid groups (broad SMARTS) is 2. The highest BCUT2D eigenvalue weighted by Crippen LogP contribution is 2.43. The van der Waals surface area contributed by atoms with Crippen LogP contribution in [0.5, 0.6) is 0 Å². The molecule has 5 aliphatic rings. The van der Waals surface area contributed by atoms with Crippen LogP contribution in [0.3, 0.4) is 0 Å². The Morgan fingerprint density at radius 3 is 0.968 bits per heavy atom. The Labute approximate surface area is 542 Å². The van der Waals surface area contributed by atoms with Gasteiger partial charge in [0.05, 0.1) is 25.9 Å². The zero-order valence-corrected chi connectivity index (χ0v) is 54.1. The third-order valence-electron chi connectivity index (χ3n) is 13.6. The van der Waals surface area contributed by atoms with E-state index in [1.54, 1.807) is 0 Å². The molecule has 0 amide bonds.